The number of hydrogen-bond acceptors (Lipinski definition) is 2. The topological polar surface area (TPSA) is 44.1 Å². The molecule has 116 valence electrons. The Hall–Kier alpha value is -2.31. The maximum atomic E-state index is 12.8. The number of benzene rings is 2. The molecule has 0 radical (unpaired) electrons. The lowest BCUT2D eigenvalue weighted by Crippen LogP contribution is -2.39. The Kier molecular flexibility index (Phi) is 4.36. The van der Waals surface area contributed by atoms with Crippen LogP contribution in [0.15, 0.2) is 42.5 Å². The molecule has 0 saturated carbocycles. The lowest BCUT2D eigenvalue weighted by Gasteiger charge is -2.35. The zero-order chi connectivity index (χ0) is 16.4. The Balaban J connectivity index is 1.85. The van der Waals surface area contributed by atoms with E-state index in [0.717, 1.165) is 6.42 Å². The zero-order valence-electron chi connectivity index (χ0n) is 12.9. The van der Waals surface area contributed by atoms with Crippen molar-refractivity contribution in [2.45, 2.75) is 25.8 Å². The van der Waals surface area contributed by atoms with Crippen LogP contribution in [0.2, 0.25) is 5.02 Å². The number of rotatable bonds is 2. The predicted molar refractivity (Wildman–Crippen MR) is 90.1 cm³/mol. The molecule has 0 saturated heterocycles. The molecule has 1 amide bonds. The first-order valence-corrected chi connectivity index (χ1v) is 8.04. The van der Waals surface area contributed by atoms with Gasteiger partial charge in [-0.05, 0) is 42.2 Å². The second kappa shape index (κ2) is 6.44. The number of carbonyl (C=O) groups excluding carboxylic acids is 1. The quantitative estimate of drug-likeness (QED) is 0.841. The Morgan fingerprint density at radius 1 is 1.30 bits per heavy atom. The van der Waals surface area contributed by atoms with Crippen LogP contribution in [0.4, 0.5) is 0 Å². The molecule has 2 aromatic carbocycles. The molecule has 1 aliphatic rings. The summed E-state index contributed by atoms with van der Waals surface area (Å²) < 4.78 is 0. The smallest absolute Gasteiger partial charge is 0.227 e. The van der Waals surface area contributed by atoms with Gasteiger partial charge in [0.25, 0.3) is 0 Å². The molecule has 0 spiro atoms. The highest BCUT2D eigenvalue weighted by molar-refractivity contribution is 6.31. The van der Waals surface area contributed by atoms with Gasteiger partial charge in [0.1, 0.15) is 0 Å². The predicted octanol–water partition coefficient (Wildman–Crippen LogP) is 3.90. The summed E-state index contributed by atoms with van der Waals surface area (Å²) >= 11 is 6.19. The first kappa shape index (κ1) is 15.6. The molecular formula is C19H17ClN2O. The molecule has 3 nitrogen and oxygen atoms in total. The fourth-order valence-corrected chi connectivity index (χ4v) is 3.45. The molecule has 0 unspecified atom stereocenters. The van der Waals surface area contributed by atoms with Crippen LogP contribution in [0.3, 0.4) is 0 Å². The van der Waals surface area contributed by atoms with E-state index in [2.05, 4.69) is 18.2 Å². The molecule has 1 heterocycles. The fourth-order valence-electron chi connectivity index (χ4n) is 3.21. The third-order valence-corrected chi connectivity index (χ3v) is 4.84. The highest BCUT2D eigenvalue weighted by Crippen LogP contribution is 2.30. The third kappa shape index (κ3) is 2.95. The number of hydrogen-bond donors (Lipinski definition) is 0. The zero-order valence-corrected chi connectivity index (χ0v) is 13.7. The van der Waals surface area contributed by atoms with Gasteiger partial charge in [-0.1, -0.05) is 41.9 Å². The van der Waals surface area contributed by atoms with Crippen LogP contribution in [-0.2, 0) is 17.6 Å². The van der Waals surface area contributed by atoms with Crippen molar-refractivity contribution < 1.29 is 4.79 Å². The molecule has 1 atom stereocenters. The minimum atomic E-state index is 0.0107. The van der Waals surface area contributed by atoms with Gasteiger partial charge in [0.2, 0.25) is 5.91 Å². The molecule has 23 heavy (non-hydrogen) atoms. The van der Waals surface area contributed by atoms with Crippen molar-refractivity contribution in [3.05, 3.63) is 69.7 Å². The summed E-state index contributed by atoms with van der Waals surface area (Å²) in [6.07, 6.45) is 1.02. The van der Waals surface area contributed by atoms with Gasteiger partial charge in [-0.3, -0.25) is 4.79 Å². The van der Waals surface area contributed by atoms with Crippen molar-refractivity contribution in [3.8, 4) is 6.07 Å². The number of nitriles is 1. The van der Waals surface area contributed by atoms with E-state index >= 15 is 0 Å². The van der Waals surface area contributed by atoms with Crippen LogP contribution in [0.1, 0.15) is 35.2 Å². The summed E-state index contributed by atoms with van der Waals surface area (Å²) in [5.41, 5.74) is 3.59. The molecule has 4 heteroatoms. The Bertz CT molecular complexity index is 794. The Morgan fingerprint density at radius 3 is 2.87 bits per heavy atom. The van der Waals surface area contributed by atoms with Gasteiger partial charge in [0, 0.05) is 11.6 Å². The van der Waals surface area contributed by atoms with E-state index < -0.39 is 0 Å². The standard InChI is InChI=1S/C19H17ClN2O/c1-13-16-7-3-2-5-14(16)9-10-22(13)19(23)11-17-15(12-21)6-4-8-18(17)20/h2-8,13H,9-11H2,1H3/t13-/m0/s1. The van der Waals surface area contributed by atoms with E-state index in [1.165, 1.54) is 11.1 Å². The van der Waals surface area contributed by atoms with Crippen LogP contribution in [0.25, 0.3) is 0 Å². The average Bonchev–Trinajstić information content (AvgIpc) is 2.57. The summed E-state index contributed by atoms with van der Waals surface area (Å²) in [5.74, 6) is 0.0107. The van der Waals surface area contributed by atoms with Crippen molar-refractivity contribution in [2.75, 3.05) is 6.54 Å². The van der Waals surface area contributed by atoms with Crippen LogP contribution >= 0.6 is 11.6 Å². The van der Waals surface area contributed by atoms with Crippen LogP contribution in [-0.4, -0.2) is 17.4 Å². The molecule has 0 fully saturated rings. The second-order valence-corrected chi connectivity index (χ2v) is 6.17. The largest absolute Gasteiger partial charge is 0.335 e. The molecule has 2 aromatic rings. The number of carbonyl (C=O) groups is 1. The van der Waals surface area contributed by atoms with E-state index in [1.807, 2.05) is 24.0 Å². The summed E-state index contributed by atoms with van der Waals surface area (Å²) in [4.78, 5) is 14.6. The molecule has 3 rings (SSSR count). The Morgan fingerprint density at radius 2 is 2.09 bits per heavy atom. The monoisotopic (exact) mass is 324 g/mol. The van der Waals surface area contributed by atoms with Crippen molar-refractivity contribution >= 4 is 17.5 Å². The molecule has 0 aromatic heterocycles. The van der Waals surface area contributed by atoms with Crippen molar-refractivity contribution in [2.24, 2.45) is 0 Å². The lowest BCUT2D eigenvalue weighted by molar-refractivity contribution is -0.133. The second-order valence-electron chi connectivity index (χ2n) is 5.77. The normalized spacial score (nSPS) is 16.6. The molecule has 0 N–H and O–H groups in total. The number of amides is 1. The van der Waals surface area contributed by atoms with E-state index in [-0.39, 0.29) is 18.4 Å². The van der Waals surface area contributed by atoms with Gasteiger partial charge in [0.15, 0.2) is 0 Å². The third-order valence-electron chi connectivity index (χ3n) is 4.48. The highest BCUT2D eigenvalue weighted by Gasteiger charge is 2.27. The van der Waals surface area contributed by atoms with Crippen LogP contribution in [0, 0.1) is 11.3 Å². The van der Waals surface area contributed by atoms with Crippen molar-refractivity contribution in [3.63, 3.8) is 0 Å². The number of halogens is 1. The number of fused-ring (bicyclic) bond motifs is 1. The maximum absolute atomic E-state index is 12.8. The molecule has 0 aliphatic carbocycles. The summed E-state index contributed by atoms with van der Waals surface area (Å²) in [5, 5.41) is 9.69. The van der Waals surface area contributed by atoms with Crippen LogP contribution in [0.5, 0.6) is 0 Å². The van der Waals surface area contributed by atoms with E-state index in [0.29, 0.717) is 22.7 Å². The lowest BCUT2D eigenvalue weighted by atomic mass is 9.93. The SMILES string of the molecule is C[C@H]1c2ccccc2CCN1C(=O)Cc1c(Cl)cccc1C#N. The van der Waals surface area contributed by atoms with Crippen LogP contribution < -0.4 is 0 Å². The minimum Gasteiger partial charge on any atom is -0.335 e. The molecule has 1 aliphatic heterocycles. The maximum Gasteiger partial charge on any atom is 0.227 e. The molecular weight excluding hydrogens is 308 g/mol. The first-order valence-electron chi connectivity index (χ1n) is 7.66. The van der Waals surface area contributed by atoms with E-state index in [1.54, 1.807) is 18.2 Å². The van der Waals surface area contributed by atoms with Gasteiger partial charge < -0.3 is 4.90 Å². The van der Waals surface area contributed by atoms with E-state index in [4.69, 9.17) is 11.6 Å². The highest BCUT2D eigenvalue weighted by atomic mass is 35.5. The van der Waals surface area contributed by atoms with Gasteiger partial charge in [-0.15, -0.1) is 0 Å². The minimum absolute atomic E-state index is 0.0107. The van der Waals surface area contributed by atoms with E-state index in [9.17, 15) is 10.1 Å². The van der Waals surface area contributed by atoms with Crippen molar-refractivity contribution in [1.29, 1.82) is 5.26 Å². The fraction of sp³-hybridized carbons (Fsp3) is 0.263. The van der Waals surface area contributed by atoms with Crippen molar-refractivity contribution in [1.82, 2.24) is 4.90 Å². The number of nitrogens with zero attached hydrogens (tertiary/aromatic N) is 2. The first-order chi connectivity index (χ1) is 11.1. The average molecular weight is 325 g/mol. The summed E-state index contributed by atoms with van der Waals surface area (Å²) in [6, 6.07) is 15.5. The Labute approximate surface area is 141 Å². The van der Waals surface area contributed by atoms with Gasteiger partial charge >= 0.3 is 0 Å². The van der Waals surface area contributed by atoms with Gasteiger partial charge in [0.05, 0.1) is 24.1 Å². The van der Waals surface area contributed by atoms with Gasteiger partial charge in [-0.2, -0.15) is 5.26 Å². The molecule has 0 bridgehead atoms. The summed E-state index contributed by atoms with van der Waals surface area (Å²) in [7, 11) is 0. The van der Waals surface area contributed by atoms with Gasteiger partial charge in [-0.25, -0.2) is 0 Å². The summed E-state index contributed by atoms with van der Waals surface area (Å²) in [6.45, 7) is 2.75.